The van der Waals surface area contributed by atoms with Crippen LogP contribution in [-0.2, 0) is 9.59 Å². The zero-order valence-corrected chi connectivity index (χ0v) is 15.2. The second kappa shape index (κ2) is 8.13. The molecule has 0 aromatic heterocycles. The molecule has 0 bridgehead atoms. The SMILES string of the molecule is CC(C)C(=O)NC1CCC(C(=O)N2CCN(C(C)C)CC2)CC1. The normalized spacial score (nSPS) is 26.6. The van der Waals surface area contributed by atoms with Crippen molar-refractivity contribution in [3.63, 3.8) is 0 Å². The van der Waals surface area contributed by atoms with E-state index in [1.54, 1.807) is 0 Å². The Morgan fingerprint density at radius 3 is 1.96 bits per heavy atom. The molecule has 0 aromatic carbocycles. The van der Waals surface area contributed by atoms with Crippen LogP contribution in [0, 0.1) is 11.8 Å². The van der Waals surface area contributed by atoms with Crippen molar-refractivity contribution in [1.29, 1.82) is 0 Å². The Morgan fingerprint density at radius 2 is 1.48 bits per heavy atom. The quantitative estimate of drug-likeness (QED) is 0.859. The van der Waals surface area contributed by atoms with Crippen LogP contribution in [0.3, 0.4) is 0 Å². The van der Waals surface area contributed by atoms with E-state index in [-0.39, 0.29) is 23.8 Å². The van der Waals surface area contributed by atoms with E-state index in [0.29, 0.717) is 11.9 Å². The topological polar surface area (TPSA) is 52.7 Å². The fourth-order valence-corrected chi connectivity index (χ4v) is 3.57. The number of piperazine rings is 1. The average Bonchev–Trinajstić information content (AvgIpc) is 2.55. The van der Waals surface area contributed by atoms with Crippen LogP contribution in [0.15, 0.2) is 0 Å². The maximum Gasteiger partial charge on any atom is 0.225 e. The second-order valence-electron chi connectivity index (χ2n) is 7.67. The summed E-state index contributed by atoms with van der Waals surface area (Å²) in [7, 11) is 0. The number of carbonyl (C=O) groups is 2. The molecule has 2 aliphatic rings. The number of rotatable bonds is 4. The number of carbonyl (C=O) groups excluding carboxylic acids is 2. The second-order valence-corrected chi connectivity index (χ2v) is 7.67. The number of hydrogen-bond acceptors (Lipinski definition) is 3. The zero-order chi connectivity index (χ0) is 17.0. The van der Waals surface area contributed by atoms with Crippen LogP contribution in [0.2, 0.25) is 0 Å². The Bertz CT molecular complexity index is 406. The molecule has 23 heavy (non-hydrogen) atoms. The minimum atomic E-state index is 0.0339. The van der Waals surface area contributed by atoms with Crippen molar-refractivity contribution >= 4 is 11.8 Å². The van der Waals surface area contributed by atoms with Crippen molar-refractivity contribution in [3.05, 3.63) is 0 Å². The highest BCUT2D eigenvalue weighted by Gasteiger charge is 2.31. The van der Waals surface area contributed by atoms with Gasteiger partial charge in [-0.05, 0) is 39.5 Å². The third-order valence-corrected chi connectivity index (χ3v) is 5.30. The maximum absolute atomic E-state index is 12.7. The van der Waals surface area contributed by atoms with Crippen LogP contribution in [-0.4, -0.2) is 59.9 Å². The first-order valence-electron chi connectivity index (χ1n) is 9.21. The summed E-state index contributed by atoms with van der Waals surface area (Å²) in [5, 5.41) is 3.11. The van der Waals surface area contributed by atoms with Gasteiger partial charge in [-0.25, -0.2) is 0 Å². The van der Waals surface area contributed by atoms with Gasteiger partial charge in [-0.2, -0.15) is 0 Å². The average molecular weight is 323 g/mol. The number of nitrogens with one attached hydrogen (secondary N) is 1. The lowest BCUT2D eigenvalue weighted by Gasteiger charge is -2.39. The standard InChI is InChI=1S/C18H33N3O2/c1-13(2)17(22)19-16-7-5-15(6-8-16)18(23)21-11-9-20(10-12-21)14(3)4/h13-16H,5-12H2,1-4H3,(H,19,22). The molecule has 2 amide bonds. The maximum atomic E-state index is 12.7. The summed E-state index contributed by atoms with van der Waals surface area (Å²) in [5.41, 5.74) is 0. The van der Waals surface area contributed by atoms with E-state index in [0.717, 1.165) is 51.9 Å². The van der Waals surface area contributed by atoms with Gasteiger partial charge in [-0.1, -0.05) is 13.8 Å². The van der Waals surface area contributed by atoms with E-state index in [1.165, 1.54) is 0 Å². The molecule has 1 heterocycles. The first-order chi connectivity index (χ1) is 10.9. The van der Waals surface area contributed by atoms with Crippen LogP contribution >= 0.6 is 0 Å². The van der Waals surface area contributed by atoms with Crippen molar-refractivity contribution in [3.8, 4) is 0 Å². The third kappa shape index (κ3) is 4.93. The largest absolute Gasteiger partial charge is 0.353 e. The van der Waals surface area contributed by atoms with Gasteiger partial charge in [-0.15, -0.1) is 0 Å². The van der Waals surface area contributed by atoms with Gasteiger partial charge < -0.3 is 10.2 Å². The number of nitrogens with zero attached hydrogens (tertiary/aromatic N) is 2. The first kappa shape index (κ1) is 18.2. The Labute approximate surface area is 140 Å². The van der Waals surface area contributed by atoms with E-state index >= 15 is 0 Å². The molecule has 1 saturated heterocycles. The molecule has 2 rings (SSSR count). The highest BCUT2D eigenvalue weighted by molar-refractivity contribution is 5.79. The van der Waals surface area contributed by atoms with Crippen LogP contribution in [0.5, 0.6) is 0 Å². The summed E-state index contributed by atoms with van der Waals surface area (Å²) in [4.78, 5) is 28.9. The van der Waals surface area contributed by atoms with E-state index in [1.807, 2.05) is 13.8 Å². The lowest BCUT2D eigenvalue weighted by Crippen LogP contribution is -2.52. The Hall–Kier alpha value is -1.10. The summed E-state index contributed by atoms with van der Waals surface area (Å²) < 4.78 is 0. The summed E-state index contributed by atoms with van der Waals surface area (Å²) in [6, 6.07) is 0.819. The van der Waals surface area contributed by atoms with Gasteiger partial charge in [0, 0.05) is 50.1 Å². The van der Waals surface area contributed by atoms with Gasteiger partial charge >= 0.3 is 0 Å². The fourth-order valence-electron chi connectivity index (χ4n) is 3.57. The van der Waals surface area contributed by atoms with Gasteiger partial charge in [0.25, 0.3) is 0 Å². The Morgan fingerprint density at radius 1 is 0.913 bits per heavy atom. The van der Waals surface area contributed by atoms with E-state index < -0.39 is 0 Å². The molecule has 1 aliphatic heterocycles. The number of hydrogen-bond donors (Lipinski definition) is 1. The molecular weight excluding hydrogens is 290 g/mol. The summed E-state index contributed by atoms with van der Waals surface area (Å²) >= 11 is 0. The predicted octanol–water partition coefficient (Wildman–Crippen LogP) is 1.87. The molecule has 1 aliphatic carbocycles. The molecule has 0 atom stereocenters. The smallest absolute Gasteiger partial charge is 0.225 e. The van der Waals surface area contributed by atoms with Crippen LogP contribution in [0.4, 0.5) is 0 Å². The van der Waals surface area contributed by atoms with E-state index in [4.69, 9.17) is 0 Å². The van der Waals surface area contributed by atoms with Gasteiger partial charge in [0.1, 0.15) is 0 Å². The molecule has 0 unspecified atom stereocenters. The summed E-state index contributed by atoms with van der Waals surface area (Å²) in [5.74, 6) is 0.658. The van der Waals surface area contributed by atoms with Crippen molar-refractivity contribution in [2.45, 2.75) is 65.5 Å². The monoisotopic (exact) mass is 323 g/mol. The molecule has 1 saturated carbocycles. The minimum absolute atomic E-state index is 0.0339. The summed E-state index contributed by atoms with van der Waals surface area (Å²) in [6.45, 7) is 12.0. The first-order valence-corrected chi connectivity index (χ1v) is 9.21. The van der Waals surface area contributed by atoms with Gasteiger partial charge in [0.15, 0.2) is 0 Å². The third-order valence-electron chi connectivity index (χ3n) is 5.30. The van der Waals surface area contributed by atoms with Gasteiger partial charge in [-0.3, -0.25) is 14.5 Å². The van der Waals surface area contributed by atoms with Crippen molar-refractivity contribution in [2.75, 3.05) is 26.2 Å². The van der Waals surface area contributed by atoms with Crippen LogP contribution in [0.1, 0.15) is 53.4 Å². The Balaban J connectivity index is 1.75. The molecule has 2 fully saturated rings. The van der Waals surface area contributed by atoms with E-state index in [9.17, 15) is 9.59 Å². The minimum Gasteiger partial charge on any atom is -0.353 e. The number of amides is 2. The molecule has 0 spiro atoms. The van der Waals surface area contributed by atoms with Gasteiger partial charge in [0.2, 0.25) is 11.8 Å². The zero-order valence-electron chi connectivity index (χ0n) is 15.2. The molecule has 1 N–H and O–H groups in total. The predicted molar refractivity (Wildman–Crippen MR) is 92.0 cm³/mol. The van der Waals surface area contributed by atoms with Crippen molar-refractivity contribution in [1.82, 2.24) is 15.1 Å². The lowest BCUT2D eigenvalue weighted by molar-refractivity contribution is -0.138. The molecule has 5 nitrogen and oxygen atoms in total. The van der Waals surface area contributed by atoms with E-state index in [2.05, 4.69) is 29.0 Å². The van der Waals surface area contributed by atoms with Crippen LogP contribution < -0.4 is 5.32 Å². The molecule has 5 heteroatoms. The highest BCUT2D eigenvalue weighted by Crippen LogP contribution is 2.26. The van der Waals surface area contributed by atoms with Crippen molar-refractivity contribution < 1.29 is 9.59 Å². The fraction of sp³-hybridized carbons (Fsp3) is 0.889. The lowest BCUT2D eigenvalue weighted by atomic mass is 9.85. The van der Waals surface area contributed by atoms with Crippen LogP contribution in [0.25, 0.3) is 0 Å². The highest BCUT2D eigenvalue weighted by atomic mass is 16.2. The summed E-state index contributed by atoms with van der Waals surface area (Å²) in [6.07, 6.45) is 3.68. The molecular formula is C18H33N3O2. The van der Waals surface area contributed by atoms with Gasteiger partial charge in [0.05, 0.1) is 0 Å². The molecule has 0 aromatic rings. The Kier molecular flexibility index (Phi) is 6.45. The molecule has 0 radical (unpaired) electrons. The molecule has 132 valence electrons. The van der Waals surface area contributed by atoms with Crippen molar-refractivity contribution in [2.24, 2.45) is 11.8 Å².